The van der Waals surface area contributed by atoms with Crippen LogP contribution in [0.5, 0.6) is 5.75 Å². The molecule has 0 heterocycles. The first-order chi connectivity index (χ1) is 9.13. The van der Waals surface area contributed by atoms with Gasteiger partial charge in [0.2, 0.25) is 0 Å². The van der Waals surface area contributed by atoms with Crippen LogP contribution in [0.1, 0.15) is 10.4 Å². The number of amides is 1. The summed E-state index contributed by atoms with van der Waals surface area (Å²) in [5.41, 5.74) is 0.544. The highest BCUT2D eigenvalue weighted by Crippen LogP contribution is 2.24. The van der Waals surface area contributed by atoms with E-state index >= 15 is 0 Å². The molecular formula is C14H11FINO2. The van der Waals surface area contributed by atoms with Gasteiger partial charge in [-0.1, -0.05) is 18.2 Å². The molecule has 0 aliphatic carbocycles. The number of ether oxygens (including phenoxy) is 1. The van der Waals surface area contributed by atoms with Crippen LogP contribution in [0, 0.1) is 9.39 Å². The molecule has 98 valence electrons. The number of hydrogen-bond donors (Lipinski definition) is 1. The smallest absolute Gasteiger partial charge is 0.262 e. The maximum atomic E-state index is 13.7. The topological polar surface area (TPSA) is 38.3 Å². The number of benzene rings is 2. The van der Waals surface area contributed by atoms with Gasteiger partial charge in [0.1, 0.15) is 17.1 Å². The number of methoxy groups -OCH3 is 1. The van der Waals surface area contributed by atoms with Crippen LogP contribution in [-0.4, -0.2) is 13.0 Å². The van der Waals surface area contributed by atoms with Gasteiger partial charge in [0.05, 0.1) is 12.8 Å². The van der Waals surface area contributed by atoms with Crippen LogP contribution in [0.3, 0.4) is 0 Å². The number of halogens is 2. The summed E-state index contributed by atoms with van der Waals surface area (Å²) in [6.45, 7) is 0. The van der Waals surface area contributed by atoms with Crippen LogP contribution in [0.15, 0.2) is 42.5 Å². The summed E-state index contributed by atoms with van der Waals surface area (Å²) in [7, 11) is 1.40. The summed E-state index contributed by atoms with van der Waals surface area (Å²) in [6.07, 6.45) is 0. The molecule has 3 nitrogen and oxygen atoms in total. The number of para-hydroxylation sites is 1. The molecule has 0 aliphatic heterocycles. The van der Waals surface area contributed by atoms with Gasteiger partial charge in [-0.25, -0.2) is 4.39 Å². The quantitative estimate of drug-likeness (QED) is 0.836. The summed E-state index contributed by atoms with van der Waals surface area (Å²) in [5.74, 6) is -0.926. The molecule has 2 rings (SSSR count). The average Bonchev–Trinajstić information content (AvgIpc) is 2.40. The average molecular weight is 371 g/mol. The lowest BCUT2D eigenvalue weighted by Crippen LogP contribution is -2.15. The Balaban J connectivity index is 2.33. The Morgan fingerprint density at radius 3 is 2.63 bits per heavy atom. The molecule has 0 aliphatic rings. The molecule has 0 radical (unpaired) electrons. The van der Waals surface area contributed by atoms with Gasteiger partial charge in [-0.2, -0.15) is 0 Å². The molecule has 0 bridgehead atoms. The summed E-state index contributed by atoms with van der Waals surface area (Å²) < 4.78 is 19.6. The largest absolute Gasteiger partial charge is 0.496 e. The van der Waals surface area contributed by atoms with Crippen LogP contribution < -0.4 is 10.1 Å². The van der Waals surface area contributed by atoms with Gasteiger partial charge >= 0.3 is 0 Å². The normalized spacial score (nSPS) is 10.1. The van der Waals surface area contributed by atoms with E-state index in [0.29, 0.717) is 5.69 Å². The van der Waals surface area contributed by atoms with Crippen molar-refractivity contribution in [1.29, 1.82) is 0 Å². The maximum Gasteiger partial charge on any atom is 0.262 e. The predicted octanol–water partition coefficient (Wildman–Crippen LogP) is 3.69. The first kappa shape index (κ1) is 13.8. The molecule has 19 heavy (non-hydrogen) atoms. The zero-order valence-electron chi connectivity index (χ0n) is 10.1. The van der Waals surface area contributed by atoms with Gasteiger partial charge < -0.3 is 10.1 Å². The fourth-order valence-electron chi connectivity index (χ4n) is 1.64. The second-order valence-electron chi connectivity index (χ2n) is 3.75. The molecule has 1 amide bonds. The highest BCUT2D eigenvalue weighted by molar-refractivity contribution is 14.1. The van der Waals surface area contributed by atoms with E-state index in [1.54, 1.807) is 18.2 Å². The SMILES string of the molecule is COc1cccc(F)c1C(=O)Nc1ccccc1I. The first-order valence-electron chi connectivity index (χ1n) is 5.52. The van der Waals surface area contributed by atoms with Crippen molar-refractivity contribution in [3.63, 3.8) is 0 Å². The van der Waals surface area contributed by atoms with E-state index in [4.69, 9.17) is 4.74 Å². The van der Waals surface area contributed by atoms with Crippen molar-refractivity contribution < 1.29 is 13.9 Å². The zero-order valence-corrected chi connectivity index (χ0v) is 12.3. The zero-order chi connectivity index (χ0) is 13.8. The van der Waals surface area contributed by atoms with Crippen LogP contribution in [-0.2, 0) is 0 Å². The van der Waals surface area contributed by atoms with Crippen molar-refractivity contribution in [3.05, 3.63) is 57.4 Å². The molecule has 0 fully saturated rings. The Morgan fingerprint density at radius 1 is 1.21 bits per heavy atom. The van der Waals surface area contributed by atoms with Crippen molar-refractivity contribution in [2.75, 3.05) is 12.4 Å². The van der Waals surface area contributed by atoms with E-state index in [-0.39, 0.29) is 11.3 Å². The fraction of sp³-hybridized carbons (Fsp3) is 0.0714. The van der Waals surface area contributed by atoms with Crippen LogP contribution >= 0.6 is 22.6 Å². The third-order valence-corrected chi connectivity index (χ3v) is 3.49. The molecule has 0 aromatic heterocycles. The molecule has 0 spiro atoms. The Labute approximate surface area is 123 Å². The van der Waals surface area contributed by atoms with Gasteiger partial charge in [-0.15, -0.1) is 0 Å². The van der Waals surface area contributed by atoms with Crippen molar-refractivity contribution in [3.8, 4) is 5.75 Å². The first-order valence-corrected chi connectivity index (χ1v) is 6.59. The van der Waals surface area contributed by atoms with E-state index in [1.807, 2.05) is 12.1 Å². The van der Waals surface area contributed by atoms with Gasteiger partial charge in [0.25, 0.3) is 5.91 Å². The molecular weight excluding hydrogens is 360 g/mol. The van der Waals surface area contributed by atoms with Gasteiger partial charge in [-0.3, -0.25) is 4.79 Å². The summed E-state index contributed by atoms with van der Waals surface area (Å²) in [4.78, 5) is 12.1. The number of carbonyl (C=O) groups excluding carboxylic acids is 1. The molecule has 5 heteroatoms. The molecule has 2 aromatic rings. The standard InChI is InChI=1S/C14H11FINO2/c1-19-12-8-4-5-9(15)13(12)14(18)17-11-7-3-2-6-10(11)16/h2-8H,1H3,(H,17,18). The van der Waals surface area contributed by atoms with E-state index in [1.165, 1.54) is 19.2 Å². The lowest BCUT2D eigenvalue weighted by Gasteiger charge is -2.11. The number of carbonyl (C=O) groups is 1. The summed E-state index contributed by atoms with van der Waals surface area (Å²) in [6, 6.07) is 11.6. The van der Waals surface area contributed by atoms with Crippen molar-refractivity contribution in [2.24, 2.45) is 0 Å². The monoisotopic (exact) mass is 371 g/mol. The second kappa shape index (κ2) is 6.01. The third-order valence-electron chi connectivity index (χ3n) is 2.54. The van der Waals surface area contributed by atoms with Gasteiger partial charge in [0.15, 0.2) is 0 Å². The Bertz CT molecular complexity index is 616. The van der Waals surface area contributed by atoms with Gasteiger partial charge in [0, 0.05) is 3.57 Å². The minimum absolute atomic E-state index is 0.0929. The van der Waals surface area contributed by atoms with Crippen molar-refractivity contribution in [1.82, 2.24) is 0 Å². The van der Waals surface area contributed by atoms with E-state index in [0.717, 1.165) is 3.57 Å². The maximum absolute atomic E-state index is 13.7. The molecule has 0 saturated carbocycles. The van der Waals surface area contributed by atoms with E-state index < -0.39 is 11.7 Å². The summed E-state index contributed by atoms with van der Waals surface area (Å²) in [5, 5.41) is 2.68. The number of hydrogen-bond acceptors (Lipinski definition) is 2. The molecule has 0 atom stereocenters. The van der Waals surface area contributed by atoms with E-state index in [9.17, 15) is 9.18 Å². The number of rotatable bonds is 3. The Hall–Kier alpha value is -1.63. The minimum Gasteiger partial charge on any atom is -0.496 e. The molecule has 0 unspecified atom stereocenters. The van der Waals surface area contributed by atoms with Crippen LogP contribution in [0.25, 0.3) is 0 Å². The van der Waals surface area contributed by atoms with Crippen LogP contribution in [0.2, 0.25) is 0 Å². The third kappa shape index (κ3) is 3.04. The summed E-state index contributed by atoms with van der Waals surface area (Å²) >= 11 is 2.10. The Kier molecular flexibility index (Phi) is 4.36. The highest BCUT2D eigenvalue weighted by Gasteiger charge is 2.18. The van der Waals surface area contributed by atoms with Gasteiger partial charge in [-0.05, 0) is 46.9 Å². The van der Waals surface area contributed by atoms with Crippen molar-refractivity contribution in [2.45, 2.75) is 0 Å². The lowest BCUT2D eigenvalue weighted by atomic mass is 10.1. The van der Waals surface area contributed by atoms with E-state index in [2.05, 4.69) is 27.9 Å². The van der Waals surface area contributed by atoms with Crippen molar-refractivity contribution >= 4 is 34.2 Å². The van der Waals surface area contributed by atoms with Crippen LogP contribution in [0.4, 0.5) is 10.1 Å². The molecule has 2 aromatic carbocycles. The lowest BCUT2D eigenvalue weighted by molar-refractivity contribution is 0.102. The second-order valence-corrected chi connectivity index (χ2v) is 4.91. The number of anilines is 1. The Morgan fingerprint density at radius 2 is 1.95 bits per heavy atom. The minimum atomic E-state index is -0.609. The molecule has 0 saturated heterocycles. The predicted molar refractivity (Wildman–Crippen MR) is 80.1 cm³/mol. The number of nitrogens with one attached hydrogen (secondary N) is 1. The highest BCUT2D eigenvalue weighted by atomic mass is 127. The molecule has 1 N–H and O–H groups in total. The fourth-order valence-corrected chi connectivity index (χ4v) is 2.16.